The van der Waals surface area contributed by atoms with Crippen LogP contribution in [0.2, 0.25) is 0 Å². The third-order valence-electron chi connectivity index (χ3n) is 19.9. The average molecular weight is 1200 g/mol. The van der Waals surface area contributed by atoms with Crippen LogP contribution in [0.4, 0.5) is 34.1 Å². The van der Waals surface area contributed by atoms with Crippen LogP contribution in [-0.4, -0.2) is 11.3 Å². The van der Waals surface area contributed by atoms with Crippen molar-refractivity contribution in [2.75, 3.05) is 9.80 Å². The van der Waals surface area contributed by atoms with Crippen LogP contribution in [-0.2, 0) is 5.41 Å². The molecule has 0 bridgehead atoms. The van der Waals surface area contributed by atoms with Gasteiger partial charge in [-0.25, -0.2) is 0 Å². The Kier molecular flexibility index (Phi) is 12.9. The van der Waals surface area contributed by atoms with Crippen LogP contribution in [0, 0.1) is 0 Å². The van der Waals surface area contributed by atoms with Gasteiger partial charge < -0.3 is 14.4 Å². The average Bonchev–Trinajstić information content (AvgIpc) is 0.745. The lowest BCUT2D eigenvalue weighted by Gasteiger charge is -2.46. The summed E-state index contributed by atoms with van der Waals surface area (Å²) in [4.78, 5) is 5.39. The first-order valence-corrected chi connectivity index (χ1v) is 32.9. The smallest absolute Gasteiger partial charge is 0.252 e. The summed E-state index contributed by atoms with van der Waals surface area (Å²) in [6.07, 6.45) is 0. The summed E-state index contributed by atoms with van der Waals surface area (Å²) in [6.45, 7) is 6.95. The Morgan fingerprint density at radius 3 is 1.01 bits per heavy atom. The lowest BCUT2D eigenvalue weighted by atomic mass is 9.33. The molecule has 2 aliphatic rings. The van der Waals surface area contributed by atoms with Gasteiger partial charge in [-0.15, -0.1) is 0 Å². The molecule has 0 saturated carbocycles. The van der Waals surface area contributed by atoms with E-state index >= 15 is 0 Å². The number of fused-ring (bicyclic) bond motifs is 9. The molecule has 0 aliphatic carbocycles. The van der Waals surface area contributed by atoms with Gasteiger partial charge in [0.25, 0.3) is 6.71 Å². The monoisotopic (exact) mass is 1200 g/mol. The van der Waals surface area contributed by atoms with Gasteiger partial charge in [0.2, 0.25) is 0 Å². The molecule has 442 valence electrons. The Hall–Kier alpha value is -11.7. The molecule has 1 aromatic heterocycles. The summed E-state index contributed by atoms with van der Waals surface area (Å²) >= 11 is 0. The maximum absolute atomic E-state index is 2.70. The number of anilines is 6. The van der Waals surface area contributed by atoms with E-state index in [9.17, 15) is 0 Å². The molecule has 16 aromatic rings. The first-order chi connectivity index (χ1) is 46.3. The van der Waals surface area contributed by atoms with Crippen LogP contribution in [0.1, 0.15) is 26.3 Å². The molecule has 15 aromatic carbocycles. The molecule has 0 amide bonds. The fourth-order valence-electron chi connectivity index (χ4n) is 15.7. The fraction of sp³-hybridized carbons (Fsp3) is 0.0444. The molecule has 4 heteroatoms. The molecule has 3 heterocycles. The summed E-state index contributed by atoms with van der Waals surface area (Å²) in [5.74, 6) is 0. The van der Waals surface area contributed by atoms with E-state index in [1.165, 1.54) is 82.0 Å². The van der Waals surface area contributed by atoms with E-state index in [2.05, 4.69) is 369 Å². The van der Waals surface area contributed by atoms with E-state index in [0.29, 0.717) is 0 Å². The zero-order valence-corrected chi connectivity index (χ0v) is 52.7. The Labute approximate surface area is 549 Å². The molecular formula is C90H64BN3. The normalized spacial score (nSPS) is 12.6. The van der Waals surface area contributed by atoms with Crippen LogP contribution >= 0.6 is 0 Å². The second-order valence-electron chi connectivity index (χ2n) is 26.2. The number of hydrogen-bond acceptors (Lipinski definition) is 2. The quantitative estimate of drug-likeness (QED) is 0.105. The van der Waals surface area contributed by atoms with Gasteiger partial charge in [-0.05, 0) is 136 Å². The van der Waals surface area contributed by atoms with Crippen molar-refractivity contribution >= 4 is 101 Å². The van der Waals surface area contributed by atoms with Crippen molar-refractivity contribution in [2.45, 2.75) is 26.2 Å². The summed E-state index contributed by atoms with van der Waals surface area (Å²) in [6, 6.07) is 125. The summed E-state index contributed by atoms with van der Waals surface area (Å²) in [5, 5.41) is 7.37. The number of hydrogen-bond donors (Lipinski definition) is 0. The molecule has 0 atom stereocenters. The van der Waals surface area contributed by atoms with Gasteiger partial charge in [-0.2, -0.15) is 0 Å². The minimum atomic E-state index is -0.299. The Morgan fingerprint density at radius 2 is 0.606 bits per heavy atom. The third-order valence-corrected chi connectivity index (χ3v) is 19.9. The first-order valence-electron chi connectivity index (χ1n) is 32.9. The van der Waals surface area contributed by atoms with Crippen molar-refractivity contribution in [1.29, 1.82) is 0 Å². The zero-order chi connectivity index (χ0) is 62.6. The minimum Gasteiger partial charge on any atom is -0.310 e. The largest absolute Gasteiger partial charge is 0.310 e. The minimum absolute atomic E-state index is 0.208. The van der Waals surface area contributed by atoms with E-state index in [1.54, 1.807) is 0 Å². The van der Waals surface area contributed by atoms with Crippen LogP contribution in [0.25, 0.3) is 116 Å². The third kappa shape index (κ3) is 8.74. The van der Waals surface area contributed by atoms with Crippen LogP contribution in [0.5, 0.6) is 0 Å². The van der Waals surface area contributed by atoms with Crippen molar-refractivity contribution in [3.8, 4) is 72.4 Å². The van der Waals surface area contributed by atoms with Gasteiger partial charge in [-0.1, -0.05) is 312 Å². The predicted octanol–water partition coefficient (Wildman–Crippen LogP) is 22.5. The lowest BCUT2D eigenvalue weighted by molar-refractivity contribution is 0.590. The van der Waals surface area contributed by atoms with Gasteiger partial charge in [0, 0.05) is 61.5 Å². The van der Waals surface area contributed by atoms with E-state index in [1.807, 2.05) is 0 Å². The molecule has 18 rings (SSSR count). The molecule has 0 saturated heterocycles. The molecule has 2 aliphatic heterocycles. The fourth-order valence-corrected chi connectivity index (χ4v) is 15.7. The molecule has 94 heavy (non-hydrogen) atoms. The van der Waals surface area contributed by atoms with Gasteiger partial charge >= 0.3 is 0 Å². The van der Waals surface area contributed by atoms with Crippen molar-refractivity contribution in [3.63, 3.8) is 0 Å². The van der Waals surface area contributed by atoms with Crippen LogP contribution in [0.15, 0.2) is 334 Å². The molecule has 0 spiro atoms. The maximum Gasteiger partial charge on any atom is 0.252 e. The van der Waals surface area contributed by atoms with E-state index in [-0.39, 0.29) is 12.1 Å². The van der Waals surface area contributed by atoms with Gasteiger partial charge in [0.1, 0.15) is 0 Å². The summed E-state index contributed by atoms with van der Waals surface area (Å²) in [5.41, 5.74) is 29.1. The highest BCUT2D eigenvalue weighted by atomic mass is 15.2. The zero-order valence-electron chi connectivity index (χ0n) is 52.7. The summed E-state index contributed by atoms with van der Waals surface area (Å²) < 4.78 is 2.49. The summed E-state index contributed by atoms with van der Waals surface area (Å²) in [7, 11) is 0. The van der Waals surface area contributed by atoms with Crippen molar-refractivity contribution in [1.82, 2.24) is 4.57 Å². The van der Waals surface area contributed by atoms with Crippen molar-refractivity contribution in [3.05, 3.63) is 339 Å². The second kappa shape index (κ2) is 22.0. The SMILES string of the molecule is CC(C)(C)c1cc2c3c(c1)N(c1c(-c4ccccc4)cccc1-c1ccccc1)c1cc(-n4c5ccccc5c5ccccc54)ccc1B3c1ccc(-c3c4ccccc4c(-c4ccccc4)c4ccccc34)cc1N2c1c(-c2ccccc2)cccc1-c1ccccc1. The standard InChI is InChI=1S/C90H64BN3/c1-90(2,3)65-56-83-87-84(57-65)94(89-69(61-33-13-6-14-34-61)47-28-48-70(89)62-35-15-7-16-36-62)82-58-66(92-79-49-25-23-39-71(79)72-40-24-26-50-80(72)92)52-54-78(82)91(87)77-53-51-64(86-75-43-21-19-41-73(75)85(63-37-17-8-18-38-63)74-42-20-22-44-76(74)86)55-81(77)93(83)88-67(59-29-9-4-10-30-59)45-27-46-68(88)60-31-11-5-12-32-60/h4-58H,1-3H3. The van der Waals surface area contributed by atoms with E-state index < -0.39 is 0 Å². The number of aromatic nitrogens is 1. The molecule has 0 radical (unpaired) electrons. The van der Waals surface area contributed by atoms with E-state index in [0.717, 1.165) is 89.9 Å². The predicted molar refractivity (Wildman–Crippen MR) is 401 cm³/mol. The number of nitrogens with zero attached hydrogens (tertiary/aromatic N) is 3. The van der Waals surface area contributed by atoms with Crippen molar-refractivity contribution < 1.29 is 0 Å². The Balaban J connectivity index is 1.01. The Morgan fingerprint density at radius 1 is 0.266 bits per heavy atom. The van der Waals surface area contributed by atoms with Crippen LogP contribution in [0.3, 0.4) is 0 Å². The van der Waals surface area contributed by atoms with Crippen molar-refractivity contribution in [2.24, 2.45) is 0 Å². The number of rotatable bonds is 9. The number of para-hydroxylation sites is 4. The first kappa shape index (κ1) is 55.2. The van der Waals surface area contributed by atoms with Crippen LogP contribution < -0.4 is 26.2 Å². The highest BCUT2D eigenvalue weighted by Gasteiger charge is 2.46. The highest BCUT2D eigenvalue weighted by Crippen LogP contribution is 2.55. The maximum atomic E-state index is 2.70. The molecule has 3 nitrogen and oxygen atoms in total. The van der Waals surface area contributed by atoms with Gasteiger partial charge in [0.15, 0.2) is 0 Å². The molecule has 0 N–H and O–H groups in total. The lowest BCUT2D eigenvalue weighted by Crippen LogP contribution is -2.61. The van der Waals surface area contributed by atoms with Gasteiger partial charge in [-0.3, -0.25) is 0 Å². The molecule has 0 unspecified atom stereocenters. The molecule has 0 fully saturated rings. The molecular weight excluding hydrogens is 1130 g/mol. The van der Waals surface area contributed by atoms with Gasteiger partial charge in [0.05, 0.1) is 22.4 Å². The van der Waals surface area contributed by atoms with E-state index in [4.69, 9.17) is 0 Å². The number of benzene rings is 15. The topological polar surface area (TPSA) is 11.4 Å². The second-order valence-corrected chi connectivity index (χ2v) is 26.2. The Bertz CT molecular complexity index is 5430. The highest BCUT2D eigenvalue weighted by molar-refractivity contribution is 7.00.